The van der Waals surface area contributed by atoms with Gasteiger partial charge in [0.05, 0.1) is 11.5 Å². The lowest BCUT2D eigenvalue weighted by molar-refractivity contribution is -0.209. The van der Waals surface area contributed by atoms with E-state index in [1.165, 1.54) is 18.2 Å². The van der Waals surface area contributed by atoms with Gasteiger partial charge in [-0.15, -0.1) is 0 Å². The van der Waals surface area contributed by atoms with Crippen molar-refractivity contribution in [3.8, 4) is 0 Å². The second-order valence-corrected chi connectivity index (χ2v) is 12.9. The van der Waals surface area contributed by atoms with Crippen molar-refractivity contribution in [2.75, 3.05) is 24.0 Å². The Hall–Kier alpha value is -2.06. The maximum Gasteiger partial charge on any atom is 0.200 e. The minimum Gasteiger partial charge on any atom is -0.390 e. The second-order valence-electron chi connectivity index (χ2n) is 12.0. The zero-order valence-corrected chi connectivity index (χ0v) is 21.8. The summed E-state index contributed by atoms with van der Waals surface area (Å²) in [7, 11) is 0. The number of halogens is 3. The number of hydrogen-bond donors (Lipinski definition) is 1. The third-order valence-corrected chi connectivity index (χ3v) is 11.6. The average molecular weight is 532 g/mol. The predicted octanol–water partition coefficient (Wildman–Crippen LogP) is 5.22. The minimum absolute atomic E-state index is 0.0178. The molecule has 0 bridgehead atoms. The summed E-state index contributed by atoms with van der Waals surface area (Å²) >= 11 is 0.656. The highest BCUT2D eigenvalue weighted by Gasteiger charge is 2.78. The Morgan fingerprint density at radius 3 is 2.62 bits per heavy atom. The lowest BCUT2D eigenvalue weighted by Crippen LogP contribution is -2.69. The smallest absolute Gasteiger partial charge is 0.200 e. The quantitative estimate of drug-likeness (QED) is 0.579. The number of ketones is 1. The summed E-state index contributed by atoms with van der Waals surface area (Å²) in [5.74, 6) is -1.76. The van der Waals surface area contributed by atoms with Crippen LogP contribution in [0.3, 0.4) is 0 Å². The Morgan fingerprint density at radius 2 is 1.92 bits per heavy atom. The fourth-order valence-corrected chi connectivity index (χ4v) is 9.95. The van der Waals surface area contributed by atoms with Crippen molar-refractivity contribution in [1.82, 2.24) is 0 Å². The van der Waals surface area contributed by atoms with Crippen molar-refractivity contribution in [3.63, 3.8) is 0 Å². The van der Waals surface area contributed by atoms with Crippen LogP contribution in [0.2, 0.25) is 0 Å². The number of hydrogen-bond acceptors (Lipinski definition) is 5. The highest BCUT2D eigenvalue weighted by atomic mass is 32.2. The largest absolute Gasteiger partial charge is 0.390 e. The fraction of sp³-hybridized carbons (Fsp3) is 0.586. The van der Waals surface area contributed by atoms with Crippen molar-refractivity contribution in [2.45, 2.75) is 51.1 Å². The van der Waals surface area contributed by atoms with Gasteiger partial charge < -0.3 is 10.0 Å². The maximum atomic E-state index is 17.5. The average Bonchev–Trinajstić information content (AvgIpc) is 3.37. The molecule has 0 unspecified atom stereocenters. The zero-order chi connectivity index (χ0) is 26.4. The van der Waals surface area contributed by atoms with Gasteiger partial charge in [-0.2, -0.15) is 0 Å². The first kappa shape index (κ1) is 25.2. The molecule has 0 aromatic heterocycles. The van der Waals surface area contributed by atoms with E-state index in [1.807, 2.05) is 37.3 Å². The molecule has 4 fully saturated rings. The van der Waals surface area contributed by atoms with Crippen LogP contribution in [0.4, 0.5) is 18.9 Å². The van der Waals surface area contributed by atoms with Crippen LogP contribution < -0.4 is 4.90 Å². The Bertz CT molecular complexity index is 1210. The van der Waals surface area contributed by atoms with Gasteiger partial charge in [-0.1, -0.05) is 43.0 Å². The molecule has 1 aliphatic heterocycles. The molecule has 1 aromatic rings. The van der Waals surface area contributed by atoms with Gasteiger partial charge >= 0.3 is 0 Å². The van der Waals surface area contributed by atoms with Crippen molar-refractivity contribution in [1.29, 1.82) is 0 Å². The van der Waals surface area contributed by atoms with Crippen LogP contribution in [0.25, 0.3) is 0 Å². The van der Waals surface area contributed by atoms with Crippen molar-refractivity contribution in [2.24, 2.45) is 34.0 Å². The Kier molecular flexibility index (Phi) is 5.60. The standard InChI is InChI=1S/C29H32F3NO3S/c1-26-9-8-19(34)11-22(26)23(31)12-21-20-10-17-14-33(18-6-4-3-5-7-18)15-28(17,25(36)37-16-30)27(20,2)13-24(35)29(21,26)32/h3-9,11,17,20-21,23-24,35H,10,12-16H2,1-2H3/t17-,20-,21-,23-,24-,26-,27-,28-,29-/m0/s1. The van der Waals surface area contributed by atoms with E-state index in [-0.39, 0.29) is 41.1 Å². The Morgan fingerprint density at radius 1 is 1.19 bits per heavy atom. The summed E-state index contributed by atoms with van der Waals surface area (Å²) in [6, 6.07) is 8.88. The number of alkyl halides is 3. The highest BCUT2D eigenvalue weighted by molar-refractivity contribution is 8.13. The van der Waals surface area contributed by atoms with Crippen LogP contribution in [-0.2, 0) is 9.59 Å². The minimum atomic E-state index is -2.18. The number of rotatable bonds is 3. The van der Waals surface area contributed by atoms with E-state index in [2.05, 4.69) is 4.90 Å². The molecule has 1 saturated heterocycles. The zero-order valence-electron chi connectivity index (χ0n) is 21.0. The van der Waals surface area contributed by atoms with E-state index in [1.54, 1.807) is 6.92 Å². The lowest BCUT2D eigenvalue weighted by Gasteiger charge is -2.63. The van der Waals surface area contributed by atoms with Gasteiger partial charge in [-0.25, -0.2) is 13.2 Å². The molecule has 6 rings (SSSR count). The third-order valence-electron chi connectivity index (χ3n) is 10.8. The van der Waals surface area contributed by atoms with E-state index >= 15 is 8.78 Å². The molecule has 0 amide bonds. The number of anilines is 1. The first-order valence-electron chi connectivity index (χ1n) is 13.0. The molecule has 8 heteroatoms. The van der Waals surface area contributed by atoms with Crippen LogP contribution in [0, 0.1) is 34.0 Å². The molecule has 1 heterocycles. The van der Waals surface area contributed by atoms with Gasteiger partial charge in [0, 0.05) is 30.1 Å². The highest BCUT2D eigenvalue weighted by Crippen LogP contribution is 2.75. The molecule has 5 aliphatic rings. The number of carbonyl (C=O) groups excluding carboxylic acids is 2. The number of aliphatic hydroxyl groups is 1. The first-order valence-corrected chi connectivity index (χ1v) is 14.0. The second kappa shape index (κ2) is 8.22. The topological polar surface area (TPSA) is 57.6 Å². The predicted molar refractivity (Wildman–Crippen MR) is 137 cm³/mol. The molecule has 9 atom stereocenters. The van der Waals surface area contributed by atoms with Gasteiger partial charge in [0.25, 0.3) is 0 Å². The van der Waals surface area contributed by atoms with E-state index in [0.717, 1.165) is 5.69 Å². The summed E-state index contributed by atoms with van der Waals surface area (Å²) in [5.41, 5.74) is -4.42. The van der Waals surface area contributed by atoms with Crippen LogP contribution in [0.5, 0.6) is 0 Å². The van der Waals surface area contributed by atoms with E-state index in [9.17, 15) is 19.1 Å². The number of benzene rings is 1. The van der Waals surface area contributed by atoms with Crippen LogP contribution in [0.1, 0.15) is 33.1 Å². The van der Waals surface area contributed by atoms with Gasteiger partial charge in [0.2, 0.25) is 0 Å². The number of para-hydroxylation sites is 1. The van der Waals surface area contributed by atoms with Gasteiger partial charge in [0.1, 0.15) is 12.2 Å². The molecule has 1 aromatic carbocycles. The molecule has 4 nitrogen and oxygen atoms in total. The lowest BCUT2D eigenvalue weighted by atomic mass is 9.43. The van der Waals surface area contributed by atoms with Crippen LogP contribution >= 0.6 is 11.8 Å². The number of carbonyl (C=O) groups is 2. The van der Waals surface area contributed by atoms with Gasteiger partial charge in [0.15, 0.2) is 16.6 Å². The van der Waals surface area contributed by atoms with Crippen LogP contribution in [-0.4, -0.2) is 53.0 Å². The normalized spacial score (nSPS) is 46.1. The van der Waals surface area contributed by atoms with Crippen LogP contribution in [0.15, 0.2) is 54.1 Å². The summed E-state index contributed by atoms with van der Waals surface area (Å²) < 4.78 is 46.7. The van der Waals surface area contributed by atoms with Crippen molar-refractivity contribution < 1.29 is 27.9 Å². The molecule has 37 heavy (non-hydrogen) atoms. The van der Waals surface area contributed by atoms with E-state index < -0.39 is 46.1 Å². The van der Waals surface area contributed by atoms with Crippen molar-refractivity contribution >= 4 is 28.3 Å². The number of nitrogens with zero attached hydrogens (tertiary/aromatic N) is 1. The third kappa shape index (κ3) is 3.03. The summed E-state index contributed by atoms with van der Waals surface area (Å²) in [5, 5.41) is 11.4. The molecule has 198 valence electrons. The first-order chi connectivity index (χ1) is 17.5. The fourth-order valence-electron chi connectivity index (χ4n) is 9.12. The molecular weight excluding hydrogens is 499 g/mol. The van der Waals surface area contributed by atoms with Gasteiger partial charge in [-0.05, 0) is 73.3 Å². The molecule has 1 N–H and O–H groups in total. The SMILES string of the molecule is C[C@]12C=CC(=O)C=C1[C@@H](F)C[C@H]1[C@@H]3C[C@H]4CN(c5ccccc5)C[C@]4(C(=O)SCF)[C@@]3(C)C[C@H](O)[C@@]12F. The Balaban J connectivity index is 1.45. The van der Waals surface area contributed by atoms with E-state index in [4.69, 9.17) is 0 Å². The molecular formula is C29H32F3NO3S. The van der Waals surface area contributed by atoms with Crippen molar-refractivity contribution in [3.05, 3.63) is 54.1 Å². The van der Waals surface area contributed by atoms with Gasteiger partial charge in [-0.3, -0.25) is 9.59 Å². The van der Waals surface area contributed by atoms with E-state index in [0.29, 0.717) is 31.3 Å². The molecule has 0 spiro atoms. The molecule has 0 radical (unpaired) electrons. The maximum absolute atomic E-state index is 17.5. The summed E-state index contributed by atoms with van der Waals surface area (Å²) in [4.78, 5) is 28.0. The monoisotopic (exact) mass is 531 g/mol. The number of fused-ring (bicyclic) bond motifs is 7. The molecule has 3 saturated carbocycles. The number of allylic oxidation sites excluding steroid dienone is 4. The number of thioether (sulfide) groups is 1. The summed E-state index contributed by atoms with van der Waals surface area (Å²) in [6.07, 6.45) is 1.28. The Labute approximate surface area is 219 Å². The molecule has 4 aliphatic carbocycles. The summed E-state index contributed by atoms with van der Waals surface area (Å²) in [6.45, 7) is 4.44. The number of aliphatic hydroxyl groups excluding tert-OH is 1.